The highest BCUT2D eigenvalue weighted by Gasteiger charge is 2.42. The van der Waals surface area contributed by atoms with E-state index >= 15 is 4.39 Å². The summed E-state index contributed by atoms with van der Waals surface area (Å²) in [5.41, 5.74) is 0.0507. The smallest absolute Gasteiger partial charge is 0.306 e. The molecule has 0 amide bonds. The van der Waals surface area contributed by atoms with Crippen molar-refractivity contribution in [1.29, 1.82) is 0 Å². The van der Waals surface area contributed by atoms with Gasteiger partial charge in [-0.2, -0.15) is 0 Å². The lowest BCUT2D eigenvalue weighted by molar-refractivity contribution is -0.141. The van der Waals surface area contributed by atoms with Gasteiger partial charge in [0.05, 0.1) is 24.5 Å². The number of thiophene rings is 1. The van der Waals surface area contributed by atoms with E-state index in [1.807, 2.05) is 0 Å². The monoisotopic (exact) mass is 458 g/mol. The van der Waals surface area contributed by atoms with E-state index in [0.717, 1.165) is 29.5 Å². The zero-order chi connectivity index (χ0) is 19.8. The van der Waals surface area contributed by atoms with Crippen LogP contribution >= 0.6 is 27.3 Å². The van der Waals surface area contributed by atoms with Gasteiger partial charge in [0, 0.05) is 33.3 Å². The molecule has 27 heavy (non-hydrogen) atoms. The molecule has 2 aromatic rings. The third kappa shape index (κ3) is 4.11. The van der Waals surface area contributed by atoms with Crippen LogP contribution in [0.5, 0.6) is 11.5 Å². The van der Waals surface area contributed by atoms with Crippen molar-refractivity contribution in [2.75, 3.05) is 19.0 Å². The SMILES string of the molecule is COc1cc2sc(C(=O)C[C@H](C)C(=O)O)cc2c(F)c1OCC1(CBr)CC1. The second kappa shape index (κ2) is 7.75. The van der Waals surface area contributed by atoms with Gasteiger partial charge in [-0.3, -0.25) is 9.59 Å². The molecule has 0 unspecified atom stereocenters. The Balaban J connectivity index is 1.90. The number of ketones is 1. The number of carbonyl (C=O) groups excluding carboxylic acids is 1. The Bertz CT molecular complexity index is 890. The maximum absolute atomic E-state index is 15.1. The number of hydrogen-bond donors (Lipinski definition) is 1. The number of carboxylic acids is 1. The maximum atomic E-state index is 15.1. The molecule has 1 aromatic carbocycles. The van der Waals surface area contributed by atoms with Crippen molar-refractivity contribution in [3.63, 3.8) is 0 Å². The summed E-state index contributed by atoms with van der Waals surface area (Å²) in [6, 6.07) is 3.12. The number of halogens is 2. The van der Waals surface area contributed by atoms with Gasteiger partial charge >= 0.3 is 5.97 Å². The third-order valence-electron chi connectivity index (χ3n) is 4.85. The average molecular weight is 459 g/mol. The van der Waals surface area contributed by atoms with Gasteiger partial charge in [0.1, 0.15) is 0 Å². The zero-order valence-corrected chi connectivity index (χ0v) is 17.4. The molecule has 1 aromatic heterocycles. The minimum Gasteiger partial charge on any atom is -0.493 e. The number of rotatable bonds is 9. The van der Waals surface area contributed by atoms with E-state index in [0.29, 0.717) is 16.2 Å². The number of methoxy groups -OCH3 is 1. The van der Waals surface area contributed by atoms with Gasteiger partial charge < -0.3 is 14.6 Å². The highest BCUT2D eigenvalue weighted by atomic mass is 79.9. The summed E-state index contributed by atoms with van der Waals surface area (Å²) in [6.07, 6.45) is 1.94. The van der Waals surface area contributed by atoms with Crippen molar-refractivity contribution >= 4 is 49.1 Å². The lowest BCUT2D eigenvalue weighted by Crippen LogP contribution is -2.15. The Morgan fingerprint density at radius 2 is 2.11 bits per heavy atom. The van der Waals surface area contributed by atoms with Crippen LogP contribution in [0.3, 0.4) is 0 Å². The van der Waals surface area contributed by atoms with Crippen LogP contribution in [-0.4, -0.2) is 35.9 Å². The highest BCUT2D eigenvalue weighted by Crippen LogP contribution is 2.48. The lowest BCUT2D eigenvalue weighted by atomic mass is 10.0. The second-order valence-electron chi connectivity index (χ2n) is 7.03. The maximum Gasteiger partial charge on any atom is 0.306 e. The van der Waals surface area contributed by atoms with Gasteiger partial charge in [-0.25, -0.2) is 4.39 Å². The Morgan fingerprint density at radius 3 is 2.67 bits per heavy atom. The van der Waals surface area contributed by atoms with Crippen molar-refractivity contribution in [2.24, 2.45) is 11.3 Å². The van der Waals surface area contributed by atoms with Gasteiger partial charge in [-0.1, -0.05) is 22.9 Å². The number of alkyl halides is 1. The Hall–Kier alpha value is -1.67. The van der Waals surface area contributed by atoms with E-state index in [4.69, 9.17) is 14.6 Å². The van der Waals surface area contributed by atoms with E-state index in [1.54, 1.807) is 6.07 Å². The van der Waals surface area contributed by atoms with Crippen LogP contribution < -0.4 is 9.47 Å². The minimum atomic E-state index is -1.03. The fraction of sp³-hybridized carbons (Fsp3) is 0.474. The van der Waals surface area contributed by atoms with Gasteiger partial charge in [0.15, 0.2) is 23.1 Å². The fourth-order valence-corrected chi connectivity index (χ4v) is 4.46. The van der Waals surface area contributed by atoms with Crippen LogP contribution in [0.2, 0.25) is 0 Å². The molecular formula is C19H20BrFO5S. The van der Waals surface area contributed by atoms with Crippen LogP contribution in [0.25, 0.3) is 10.1 Å². The molecule has 0 saturated heterocycles. The summed E-state index contributed by atoms with van der Waals surface area (Å²) >= 11 is 4.59. The Labute approximate surface area is 168 Å². The molecule has 1 aliphatic carbocycles. The van der Waals surface area contributed by atoms with Crippen LogP contribution in [0.1, 0.15) is 35.9 Å². The normalized spacial score (nSPS) is 16.1. The molecule has 5 nitrogen and oxygen atoms in total. The number of Topliss-reactive ketones (excluding diaryl/α,β-unsaturated/α-hetero) is 1. The summed E-state index contributed by atoms with van der Waals surface area (Å²) in [5, 5.41) is 10.1. The number of hydrogen-bond acceptors (Lipinski definition) is 5. The van der Waals surface area contributed by atoms with Crippen molar-refractivity contribution in [2.45, 2.75) is 26.2 Å². The molecule has 1 aliphatic rings. The van der Waals surface area contributed by atoms with Crippen LogP contribution in [0.15, 0.2) is 12.1 Å². The van der Waals surface area contributed by atoms with Crippen LogP contribution in [0.4, 0.5) is 4.39 Å². The summed E-state index contributed by atoms with van der Waals surface area (Å²) in [5.74, 6) is -2.37. The Kier molecular flexibility index (Phi) is 5.76. The number of aliphatic carboxylic acids is 1. The molecule has 1 fully saturated rings. The van der Waals surface area contributed by atoms with E-state index in [9.17, 15) is 9.59 Å². The van der Waals surface area contributed by atoms with E-state index < -0.39 is 17.7 Å². The zero-order valence-electron chi connectivity index (χ0n) is 15.0. The van der Waals surface area contributed by atoms with Crippen molar-refractivity contribution in [3.8, 4) is 11.5 Å². The van der Waals surface area contributed by atoms with E-state index in [1.165, 1.54) is 20.1 Å². The molecule has 3 rings (SSSR count). The highest BCUT2D eigenvalue weighted by molar-refractivity contribution is 9.09. The fourth-order valence-electron chi connectivity index (χ4n) is 2.71. The summed E-state index contributed by atoms with van der Waals surface area (Å²) in [7, 11) is 1.44. The van der Waals surface area contributed by atoms with Crippen LogP contribution in [-0.2, 0) is 4.79 Å². The first-order valence-corrected chi connectivity index (χ1v) is 10.5. The predicted molar refractivity (Wildman–Crippen MR) is 105 cm³/mol. The van der Waals surface area contributed by atoms with Crippen molar-refractivity contribution in [3.05, 3.63) is 22.8 Å². The van der Waals surface area contributed by atoms with Gasteiger partial charge in [0.2, 0.25) is 0 Å². The summed E-state index contributed by atoms with van der Waals surface area (Å²) < 4.78 is 26.7. The van der Waals surface area contributed by atoms with Gasteiger partial charge in [-0.15, -0.1) is 11.3 Å². The molecule has 0 radical (unpaired) electrons. The standard InChI is InChI=1S/C19H20BrFO5S/c1-10(18(23)24)5-12(22)15-6-11-14(27-15)7-13(25-2)17(16(11)21)26-9-19(8-20)3-4-19/h6-7,10H,3-5,8-9H2,1-2H3,(H,23,24)/t10-/m0/s1. The predicted octanol–water partition coefficient (Wildman–Crippen LogP) is 4.90. The largest absolute Gasteiger partial charge is 0.493 e. The number of ether oxygens (including phenoxy) is 2. The lowest BCUT2D eigenvalue weighted by Gasteiger charge is -2.16. The molecule has 1 atom stereocenters. The summed E-state index contributed by atoms with van der Waals surface area (Å²) in [4.78, 5) is 23.6. The minimum absolute atomic E-state index is 0.0490. The molecular weight excluding hydrogens is 439 g/mol. The molecule has 146 valence electrons. The first-order valence-electron chi connectivity index (χ1n) is 8.55. The second-order valence-corrected chi connectivity index (χ2v) is 8.68. The van der Waals surface area contributed by atoms with E-state index in [-0.39, 0.29) is 34.5 Å². The van der Waals surface area contributed by atoms with Crippen molar-refractivity contribution in [1.82, 2.24) is 0 Å². The first-order chi connectivity index (χ1) is 12.8. The Morgan fingerprint density at radius 1 is 1.41 bits per heavy atom. The number of benzene rings is 1. The number of fused-ring (bicyclic) bond motifs is 1. The van der Waals surface area contributed by atoms with Gasteiger partial charge in [0.25, 0.3) is 0 Å². The quantitative estimate of drug-likeness (QED) is 0.427. The molecule has 1 saturated carbocycles. The molecule has 1 N–H and O–H groups in total. The van der Waals surface area contributed by atoms with Gasteiger partial charge in [-0.05, 0) is 18.9 Å². The van der Waals surface area contributed by atoms with Crippen molar-refractivity contribution < 1.29 is 28.6 Å². The molecule has 0 aliphatic heterocycles. The summed E-state index contributed by atoms with van der Waals surface area (Å²) in [6.45, 7) is 1.86. The third-order valence-corrected chi connectivity index (χ3v) is 7.17. The molecule has 1 heterocycles. The topological polar surface area (TPSA) is 72.8 Å². The average Bonchev–Trinajstić information content (AvgIpc) is 3.29. The van der Waals surface area contributed by atoms with Crippen LogP contribution in [0, 0.1) is 17.2 Å². The number of carboxylic acid groups (broad SMARTS) is 1. The number of carbonyl (C=O) groups is 2. The molecule has 0 bridgehead atoms. The first kappa shape index (κ1) is 20.1. The molecule has 8 heteroatoms. The van der Waals surface area contributed by atoms with E-state index in [2.05, 4.69) is 15.9 Å². The molecule has 0 spiro atoms.